The highest BCUT2D eigenvalue weighted by Crippen LogP contribution is 2.21. The molecule has 2 aliphatic heterocycles. The molecule has 1 aromatic rings. The van der Waals surface area contributed by atoms with Crippen LogP contribution in [0.5, 0.6) is 0 Å². The molecule has 0 spiro atoms. The van der Waals surface area contributed by atoms with Gasteiger partial charge in [-0.05, 0) is 37.3 Å². The van der Waals surface area contributed by atoms with Crippen LogP contribution in [0.15, 0.2) is 24.3 Å². The maximum atomic E-state index is 14.7. The third-order valence-corrected chi connectivity index (χ3v) is 7.33. The lowest BCUT2D eigenvalue weighted by Crippen LogP contribution is -2.57. The highest BCUT2D eigenvalue weighted by atomic mass is 19.1. The lowest BCUT2D eigenvalue weighted by atomic mass is 9.99. The molecule has 0 bridgehead atoms. The Kier molecular flexibility index (Phi) is 12.1. The molecule has 220 valence electrons. The maximum absolute atomic E-state index is 14.7. The van der Waals surface area contributed by atoms with Crippen LogP contribution < -0.4 is 0 Å². The van der Waals surface area contributed by atoms with Crippen molar-refractivity contribution in [1.29, 1.82) is 0 Å². The van der Waals surface area contributed by atoms with Crippen molar-refractivity contribution in [3.8, 4) is 0 Å². The number of halogens is 1. The molecule has 39 heavy (non-hydrogen) atoms. The van der Waals surface area contributed by atoms with Gasteiger partial charge in [0.15, 0.2) is 0 Å². The molecule has 0 aromatic heterocycles. The topological polar surface area (TPSA) is 123 Å². The van der Waals surface area contributed by atoms with Crippen molar-refractivity contribution >= 4 is 11.8 Å². The highest BCUT2D eigenvalue weighted by Gasteiger charge is 2.35. The summed E-state index contributed by atoms with van der Waals surface area (Å²) in [6, 6.07) is 5.31. The molecular weight excluding hydrogens is 509 g/mol. The van der Waals surface area contributed by atoms with E-state index < -0.39 is 36.1 Å². The van der Waals surface area contributed by atoms with Crippen molar-refractivity contribution < 1.29 is 38.8 Å². The first kappa shape index (κ1) is 31.4. The summed E-state index contributed by atoms with van der Waals surface area (Å²) in [7, 11) is 1.37. The summed E-state index contributed by atoms with van der Waals surface area (Å²) in [5, 5.41) is 31.0. The third-order valence-electron chi connectivity index (χ3n) is 7.33. The van der Waals surface area contributed by atoms with E-state index in [-0.39, 0.29) is 49.7 Å². The number of nitrogens with zero attached hydrogens (tertiary/aromatic N) is 3. The molecule has 3 N–H and O–H groups in total. The monoisotopic (exact) mass is 553 g/mol. The van der Waals surface area contributed by atoms with Gasteiger partial charge in [0.1, 0.15) is 24.1 Å². The predicted octanol–water partition coefficient (Wildman–Crippen LogP) is 0.735. The van der Waals surface area contributed by atoms with Crippen LogP contribution in [0.2, 0.25) is 0 Å². The molecule has 0 saturated carbocycles. The average molecular weight is 554 g/mol. The van der Waals surface area contributed by atoms with Gasteiger partial charge in [-0.2, -0.15) is 0 Å². The number of aliphatic hydroxyl groups excluding tert-OH is 3. The van der Waals surface area contributed by atoms with Crippen LogP contribution in [-0.2, 0) is 14.3 Å². The van der Waals surface area contributed by atoms with Crippen LogP contribution in [0.25, 0.3) is 0 Å². The number of rotatable bonds is 6. The molecule has 2 amide bonds. The number of methoxy groups -OCH3 is 1. The standard InChI is InChI=1S/C28H44FN3O7/c1-19(2)12-20-13-31(28(37)22-8-4-5-9-23(22)29)16-25(38-3)27(36)24(34)18-39-11-7-6-10-32(20)26(35)17-30-14-21(33)15-30/h4-5,8-9,19-21,24-25,27,33-34,36H,6-7,10-18H2,1-3H3/t20-,24-,25-,27-/m1/s1. The van der Waals surface area contributed by atoms with Crippen LogP contribution in [0.4, 0.5) is 4.39 Å². The van der Waals surface area contributed by atoms with Crippen LogP contribution in [-0.4, -0.2) is 132 Å². The minimum atomic E-state index is -1.35. The third kappa shape index (κ3) is 8.92. The summed E-state index contributed by atoms with van der Waals surface area (Å²) < 4.78 is 25.8. The molecule has 0 unspecified atom stereocenters. The molecule has 2 aliphatic rings. The molecule has 1 aromatic carbocycles. The zero-order chi connectivity index (χ0) is 28.5. The fourth-order valence-electron chi connectivity index (χ4n) is 5.18. The number of ether oxygens (including phenoxy) is 2. The number of likely N-dealkylation sites (tertiary alicyclic amines) is 1. The summed E-state index contributed by atoms with van der Waals surface area (Å²) in [5.74, 6) is -1.17. The molecule has 3 rings (SSSR count). The van der Waals surface area contributed by atoms with Gasteiger partial charge in [-0.3, -0.25) is 14.5 Å². The zero-order valence-corrected chi connectivity index (χ0v) is 23.2. The smallest absolute Gasteiger partial charge is 0.256 e. The van der Waals surface area contributed by atoms with Crippen LogP contribution in [0.3, 0.4) is 0 Å². The summed E-state index contributed by atoms with van der Waals surface area (Å²) in [4.78, 5) is 32.4. The molecule has 10 nitrogen and oxygen atoms in total. The van der Waals surface area contributed by atoms with E-state index in [1.807, 2.05) is 18.7 Å². The van der Waals surface area contributed by atoms with Crippen LogP contribution in [0.1, 0.15) is 43.5 Å². The van der Waals surface area contributed by atoms with Crippen LogP contribution in [0, 0.1) is 11.7 Å². The summed E-state index contributed by atoms with van der Waals surface area (Å²) in [6.45, 7) is 5.77. The van der Waals surface area contributed by atoms with E-state index in [1.165, 1.54) is 30.2 Å². The van der Waals surface area contributed by atoms with E-state index in [0.717, 1.165) is 0 Å². The summed E-state index contributed by atoms with van der Waals surface area (Å²) in [5.41, 5.74) is -0.123. The molecular formula is C28H44FN3O7. The molecule has 2 heterocycles. The second-order valence-electron chi connectivity index (χ2n) is 11.0. The van der Waals surface area contributed by atoms with E-state index in [2.05, 4.69) is 0 Å². The Morgan fingerprint density at radius 3 is 2.46 bits per heavy atom. The van der Waals surface area contributed by atoms with E-state index >= 15 is 0 Å². The zero-order valence-electron chi connectivity index (χ0n) is 23.2. The van der Waals surface area contributed by atoms with Gasteiger partial charge >= 0.3 is 0 Å². The van der Waals surface area contributed by atoms with Crippen molar-refractivity contribution in [3.63, 3.8) is 0 Å². The number of carbonyl (C=O) groups excluding carboxylic acids is 2. The highest BCUT2D eigenvalue weighted by molar-refractivity contribution is 5.94. The van der Waals surface area contributed by atoms with Crippen molar-refractivity contribution in [2.24, 2.45) is 5.92 Å². The van der Waals surface area contributed by atoms with E-state index in [4.69, 9.17) is 9.47 Å². The lowest BCUT2D eigenvalue weighted by Gasteiger charge is -2.41. The molecule has 2 saturated heterocycles. The van der Waals surface area contributed by atoms with Gasteiger partial charge < -0.3 is 34.6 Å². The molecule has 11 heteroatoms. The lowest BCUT2D eigenvalue weighted by molar-refractivity contribution is -0.139. The van der Waals surface area contributed by atoms with Crippen molar-refractivity contribution in [1.82, 2.24) is 14.7 Å². The number of benzene rings is 1. The Balaban J connectivity index is 1.96. The number of hydrogen-bond donors (Lipinski definition) is 3. The quantitative estimate of drug-likeness (QED) is 0.472. The van der Waals surface area contributed by atoms with E-state index in [9.17, 15) is 29.3 Å². The number of aliphatic hydroxyl groups is 3. The van der Waals surface area contributed by atoms with Gasteiger partial charge in [0.2, 0.25) is 5.91 Å². The first-order valence-corrected chi connectivity index (χ1v) is 13.8. The first-order valence-electron chi connectivity index (χ1n) is 13.8. The van der Waals surface area contributed by atoms with E-state index in [0.29, 0.717) is 45.5 Å². The van der Waals surface area contributed by atoms with Gasteiger partial charge in [0, 0.05) is 52.5 Å². The number of carbonyl (C=O) groups is 2. The van der Waals surface area contributed by atoms with Crippen molar-refractivity contribution in [3.05, 3.63) is 35.6 Å². The van der Waals surface area contributed by atoms with Gasteiger partial charge in [0.25, 0.3) is 5.91 Å². The molecule has 0 aliphatic carbocycles. The average Bonchev–Trinajstić information content (AvgIpc) is 2.87. The minimum Gasteiger partial charge on any atom is -0.390 e. The molecule has 2 fully saturated rings. The fraction of sp³-hybridized carbons (Fsp3) is 0.714. The normalized spacial score (nSPS) is 26.8. The maximum Gasteiger partial charge on any atom is 0.256 e. The molecule has 4 atom stereocenters. The van der Waals surface area contributed by atoms with Gasteiger partial charge in [-0.1, -0.05) is 26.0 Å². The fourth-order valence-corrected chi connectivity index (χ4v) is 5.18. The first-order chi connectivity index (χ1) is 18.6. The second kappa shape index (κ2) is 15.0. The summed E-state index contributed by atoms with van der Waals surface area (Å²) in [6.07, 6.45) is -2.13. The largest absolute Gasteiger partial charge is 0.390 e. The van der Waals surface area contributed by atoms with Gasteiger partial charge in [-0.15, -0.1) is 0 Å². The number of hydrogen-bond acceptors (Lipinski definition) is 8. The molecule has 0 radical (unpaired) electrons. The summed E-state index contributed by atoms with van der Waals surface area (Å²) >= 11 is 0. The van der Waals surface area contributed by atoms with Crippen molar-refractivity contribution in [2.45, 2.75) is 63.6 Å². The Bertz CT molecular complexity index is 930. The van der Waals surface area contributed by atoms with Crippen molar-refractivity contribution in [2.75, 3.05) is 59.6 Å². The predicted molar refractivity (Wildman–Crippen MR) is 143 cm³/mol. The Morgan fingerprint density at radius 1 is 1.10 bits per heavy atom. The second-order valence-corrected chi connectivity index (χ2v) is 11.0. The Hall–Kier alpha value is -2.15. The number of β-amino-alcohol motifs (C(OH)–C–C–N with tert-alkyl or cyclic N) is 1. The number of amides is 2. The SMILES string of the molecule is CO[C@@H]1CN(C(=O)c2ccccc2F)C[C@@H](CC(C)C)N(C(=O)CN2CC(O)C2)CCCCOC[C@@H](O)[C@H]1O. The van der Waals surface area contributed by atoms with Gasteiger partial charge in [0.05, 0.1) is 24.8 Å². The van der Waals surface area contributed by atoms with Crippen LogP contribution >= 0.6 is 0 Å². The van der Waals surface area contributed by atoms with Gasteiger partial charge in [-0.25, -0.2) is 4.39 Å². The minimum absolute atomic E-state index is 0.0961. The Morgan fingerprint density at radius 2 is 1.82 bits per heavy atom. The van der Waals surface area contributed by atoms with E-state index in [1.54, 1.807) is 11.0 Å². The Labute approximate surface area is 230 Å².